The van der Waals surface area contributed by atoms with Gasteiger partial charge in [-0.05, 0) is 31.0 Å². The maximum Gasteiger partial charge on any atom is 0.222 e. The third-order valence-electron chi connectivity index (χ3n) is 3.17. The molecule has 1 aromatic carbocycles. The molecule has 0 atom stereocenters. The molecule has 128 valence electrons. The quantitative estimate of drug-likeness (QED) is 0.388. The Kier molecular flexibility index (Phi) is 8.72. The second-order valence-electron chi connectivity index (χ2n) is 5.51. The van der Waals surface area contributed by atoms with Crippen molar-refractivity contribution in [2.24, 2.45) is 10.9 Å². The summed E-state index contributed by atoms with van der Waals surface area (Å²) in [7, 11) is 0. The van der Waals surface area contributed by atoms with Gasteiger partial charge in [-0.3, -0.25) is 9.79 Å². The Labute approximate surface area is 137 Å². The zero-order valence-corrected chi connectivity index (χ0v) is 14.2. The van der Waals surface area contributed by atoms with Gasteiger partial charge < -0.3 is 16.0 Å². The SMILES string of the molecule is CCNC(=NCCc1ccc(F)cc1)NCCNC(=O)C(C)C. The summed E-state index contributed by atoms with van der Waals surface area (Å²) in [5, 5.41) is 9.18. The molecule has 0 radical (unpaired) electrons. The van der Waals surface area contributed by atoms with E-state index in [-0.39, 0.29) is 17.6 Å². The van der Waals surface area contributed by atoms with Crippen LogP contribution in [0.4, 0.5) is 4.39 Å². The van der Waals surface area contributed by atoms with E-state index in [4.69, 9.17) is 0 Å². The minimum Gasteiger partial charge on any atom is -0.357 e. The molecular weight excluding hydrogens is 295 g/mol. The lowest BCUT2D eigenvalue weighted by Crippen LogP contribution is -2.42. The van der Waals surface area contributed by atoms with Crippen LogP contribution in [0.25, 0.3) is 0 Å². The minimum absolute atomic E-state index is 0.00684. The van der Waals surface area contributed by atoms with Crippen molar-refractivity contribution in [3.8, 4) is 0 Å². The van der Waals surface area contributed by atoms with Gasteiger partial charge in [0.05, 0.1) is 0 Å². The fourth-order valence-electron chi connectivity index (χ4n) is 1.86. The summed E-state index contributed by atoms with van der Waals surface area (Å²) in [6.45, 7) is 8.27. The molecule has 0 spiro atoms. The van der Waals surface area contributed by atoms with Crippen LogP contribution in [0.15, 0.2) is 29.3 Å². The molecule has 0 aliphatic heterocycles. The minimum atomic E-state index is -0.226. The van der Waals surface area contributed by atoms with Gasteiger partial charge in [0, 0.05) is 32.1 Å². The van der Waals surface area contributed by atoms with E-state index < -0.39 is 0 Å². The van der Waals surface area contributed by atoms with Crippen LogP contribution in [-0.2, 0) is 11.2 Å². The van der Waals surface area contributed by atoms with Gasteiger partial charge in [0.15, 0.2) is 5.96 Å². The molecule has 3 N–H and O–H groups in total. The van der Waals surface area contributed by atoms with E-state index in [9.17, 15) is 9.18 Å². The topological polar surface area (TPSA) is 65.5 Å². The second kappa shape index (κ2) is 10.6. The van der Waals surface area contributed by atoms with Gasteiger partial charge in [-0.15, -0.1) is 0 Å². The van der Waals surface area contributed by atoms with Crippen LogP contribution in [0.2, 0.25) is 0 Å². The van der Waals surface area contributed by atoms with Gasteiger partial charge in [-0.1, -0.05) is 26.0 Å². The van der Waals surface area contributed by atoms with Gasteiger partial charge in [-0.2, -0.15) is 0 Å². The number of hydrogen-bond acceptors (Lipinski definition) is 2. The lowest BCUT2D eigenvalue weighted by molar-refractivity contribution is -0.123. The monoisotopic (exact) mass is 322 g/mol. The van der Waals surface area contributed by atoms with Crippen LogP contribution in [0.1, 0.15) is 26.3 Å². The fraction of sp³-hybridized carbons (Fsp3) is 0.529. The van der Waals surface area contributed by atoms with Crippen molar-refractivity contribution in [2.45, 2.75) is 27.2 Å². The molecule has 0 aromatic heterocycles. The van der Waals surface area contributed by atoms with Crippen LogP contribution in [0.5, 0.6) is 0 Å². The maximum atomic E-state index is 12.8. The number of hydrogen-bond donors (Lipinski definition) is 3. The molecule has 0 fully saturated rings. The van der Waals surface area contributed by atoms with Crippen LogP contribution in [0.3, 0.4) is 0 Å². The Balaban J connectivity index is 2.35. The van der Waals surface area contributed by atoms with Crippen molar-refractivity contribution < 1.29 is 9.18 Å². The van der Waals surface area contributed by atoms with Crippen molar-refractivity contribution in [2.75, 3.05) is 26.2 Å². The van der Waals surface area contributed by atoms with E-state index in [2.05, 4.69) is 20.9 Å². The number of guanidine groups is 1. The molecule has 0 aliphatic rings. The molecule has 1 amide bonds. The Morgan fingerprint density at radius 1 is 1.13 bits per heavy atom. The molecule has 0 saturated heterocycles. The van der Waals surface area contributed by atoms with Crippen LogP contribution < -0.4 is 16.0 Å². The van der Waals surface area contributed by atoms with E-state index in [0.717, 1.165) is 18.5 Å². The van der Waals surface area contributed by atoms with E-state index in [1.54, 1.807) is 12.1 Å². The number of rotatable bonds is 8. The number of halogens is 1. The smallest absolute Gasteiger partial charge is 0.222 e. The summed E-state index contributed by atoms with van der Waals surface area (Å²) in [5.74, 6) is 0.529. The van der Waals surface area contributed by atoms with Crippen molar-refractivity contribution in [3.05, 3.63) is 35.6 Å². The summed E-state index contributed by atoms with van der Waals surface area (Å²) < 4.78 is 12.8. The van der Waals surface area contributed by atoms with E-state index >= 15 is 0 Å². The highest BCUT2D eigenvalue weighted by molar-refractivity contribution is 5.80. The zero-order valence-electron chi connectivity index (χ0n) is 14.2. The first-order chi connectivity index (χ1) is 11.0. The second-order valence-corrected chi connectivity index (χ2v) is 5.51. The Morgan fingerprint density at radius 2 is 1.78 bits per heavy atom. The van der Waals surface area contributed by atoms with Gasteiger partial charge in [0.1, 0.15) is 5.82 Å². The molecule has 0 aliphatic carbocycles. The van der Waals surface area contributed by atoms with Crippen LogP contribution in [-0.4, -0.2) is 38.0 Å². The molecular formula is C17H27FN4O. The Bertz CT molecular complexity index is 500. The van der Waals surface area contributed by atoms with Crippen molar-refractivity contribution >= 4 is 11.9 Å². The first kappa shape index (κ1) is 18.9. The molecule has 0 saturated carbocycles. The number of nitrogens with one attached hydrogen (secondary N) is 3. The predicted octanol–water partition coefficient (Wildman–Crippen LogP) is 1.70. The predicted molar refractivity (Wildman–Crippen MR) is 91.9 cm³/mol. The van der Waals surface area contributed by atoms with E-state index in [1.807, 2.05) is 20.8 Å². The van der Waals surface area contributed by atoms with Gasteiger partial charge in [0.25, 0.3) is 0 Å². The number of benzene rings is 1. The highest BCUT2D eigenvalue weighted by Crippen LogP contribution is 2.03. The number of carbonyl (C=O) groups is 1. The highest BCUT2D eigenvalue weighted by Gasteiger charge is 2.05. The standard InChI is InChI=1S/C17H27FN4O/c1-4-19-17(22-12-11-20-16(23)13(2)3)21-10-9-14-5-7-15(18)8-6-14/h5-8,13H,4,9-12H2,1-3H3,(H,20,23)(H2,19,21,22). The Hall–Kier alpha value is -2.11. The molecule has 1 aromatic rings. The largest absolute Gasteiger partial charge is 0.357 e. The average molecular weight is 322 g/mol. The number of amides is 1. The molecule has 23 heavy (non-hydrogen) atoms. The van der Waals surface area contributed by atoms with Crippen molar-refractivity contribution in [3.63, 3.8) is 0 Å². The fourth-order valence-corrected chi connectivity index (χ4v) is 1.86. The summed E-state index contributed by atoms with van der Waals surface area (Å²) in [6, 6.07) is 6.46. The molecule has 0 bridgehead atoms. The van der Waals surface area contributed by atoms with E-state index in [1.165, 1.54) is 12.1 Å². The van der Waals surface area contributed by atoms with Crippen molar-refractivity contribution in [1.82, 2.24) is 16.0 Å². The van der Waals surface area contributed by atoms with Crippen LogP contribution >= 0.6 is 0 Å². The summed E-state index contributed by atoms with van der Waals surface area (Å²) >= 11 is 0. The maximum absolute atomic E-state index is 12.8. The van der Waals surface area contributed by atoms with Crippen LogP contribution in [0, 0.1) is 11.7 Å². The first-order valence-corrected chi connectivity index (χ1v) is 8.07. The number of carbonyl (C=O) groups excluding carboxylic acids is 1. The van der Waals surface area contributed by atoms with E-state index in [0.29, 0.717) is 25.6 Å². The Morgan fingerprint density at radius 3 is 2.39 bits per heavy atom. The number of aliphatic imine (C=N–C) groups is 1. The average Bonchev–Trinajstić information content (AvgIpc) is 2.53. The third-order valence-corrected chi connectivity index (χ3v) is 3.17. The van der Waals surface area contributed by atoms with Gasteiger partial charge in [-0.25, -0.2) is 4.39 Å². The molecule has 1 rings (SSSR count). The number of nitrogens with zero attached hydrogens (tertiary/aromatic N) is 1. The molecule has 6 heteroatoms. The molecule has 0 heterocycles. The molecule has 0 unspecified atom stereocenters. The summed E-state index contributed by atoms with van der Waals surface area (Å²) in [5.41, 5.74) is 1.05. The van der Waals surface area contributed by atoms with Crippen molar-refractivity contribution in [1.29, 1.82) is 0 Å². The normalized spacial score (nSPS) is 11.4. The first-order valence-electron chi connectivity index (χ1n) is 8.07. The zero-order chi connectivity index (χ0) is 17.1. The third kappa shape index (κ3) is 8.18. The van der Waals surface area contributed by atoms with Gasteiger partial charge in [0.2, 0.25) is 5.91 Å². The summed E-state index contributed by atoms with van der Waals surface area (Å²) in [6.07, 6.45) is 0.751. The lowest BCUT2D eigenvalue weighted by atomic mass is 10.1. The highest BCUT2D eigenvalue weighted by atomic mass is 19.1. The molecule has 5 nitrogen and oxygen atoms in total. The van der Waals surface area contributed by atoms with Gasteiger partial charge >= 0.3 is 0 Å². The summed E-state index contributed by atoms with van der Waals surface area (Å²) in [4.78, 5) is 15.9. The lowest BCUT2D eigenvalue weighted by Gasteiger charge is -2.12.